The van der Waals surface area contributed by atoms with Gasteiger partial charge in [-0.05, 0) is 48.5 Å². The van der Waals surface area contributed by atoms with Crippen molar-refractivity contribution in [2.24, 2.45) is 0 Å². The monoisotopic (exact) mass is 435 g/mol. The van der Waals surface area contributed by atoms with Crippen molar-refractivity contribution in [3.63, 3.8) is 0 Å². The minimum Gasteiger partial charge on any atom is -0.444 e. The number of amides is 1. The molecule has 2 aliphatic rings. The molecule has 0 aliphatic carbocycles. The molecule has 3 N–H and O–H groups in total. The lowest BCUT2D eigenvalue weighted by Crippen LogP contribution is -2.68. The molecule has 2 atom stereocenters. The number of carbonyl (C=O) groups excluding carboxylic acids is 1. The van der Waals surface area contributed by atoms with Crippen LogP contribution in [0, 0.1) is 0 Å². The lowest BCUT2D eigenvalue weighted by molar-refractivity contribution is -0.253. The number of carbonyl (C=O) groups is 1. The molecule has 2 aliphatic heterocycles. The molecule has 31 heavy (non-hydrogen) atoms. The Bertz CT molecular complexity index is 814. The molecular weight excluding hydrogens is 404 g/mol. The van der Waals surface area contributed by atoms with Crippen LogP contribution in [0.15, 0.2) is 12.4 Å². The van der Waals surface area contributed by atoms with Crippen molar-refractivity contribution in [1.29, 1.82) is 0 Å². The number of hydrogen-bond donors (Lipinski definition) is 3. The quantitative estimate of drug-likeness (QED) is 0.420. The summed E-state index contributed by atoms with van der Waals surface area (Å²) in [6.45, 7) is 11.8. The van der Waals surface area contributed by atoms with Crippen molar-refractivity contribution < 1.29 is 34.2 Å². The fourth-order valence-electron chi connectivity index (χ4n) is 3.71. The Morgan fingerprint density at radius 1 is 1.19 bits per heavy atom. The number of rotatable bonds is 2. The second-order valence-corrected chi connectivity index (χ2v) is 10.5. The molecule has 0 bridgehead atoms. The Labute approximate surface area is 184 Å². The molecule has 0 aromatic carbocycles. The van der Waals surface area contributed by atoms with E-state index < -0.39 is 53.9 Å². The first-order valence-electron chi connectivity index (χ1n) is 10.2. The van der Waals surface area contributed by atoms with Crippen molar-refractivity contribution in [2.45, 2.75) is 82.6 Å². The number of ether oxygens (including phenoxy) is 1. The highest BCUT2D eigenvalue weighted by Crippen LogP contribution is 2.38. The number of aromatic nitrogens is 2. The lowest BCUT2D eigenvalue weighted by atomic mass is 9.69. The van der Waals surface area contributed by atoms with E-state index in [9.17, 15) is 20.1 Å². The van der Waals surface area contributed by atoms with Crippen molar-refractivity contribution in [3.05, 3.63) is 12.4 Å². The molecule has 1 aromatic rings. The molecule has 1 amide bonds. The summed E-state index contributed by atoms with van der Waals surface area (Å²) in [5.74, 6) is -2.59. The second kappa shape index (κ2) is 7.21. The van der Waals surface area contributed by atoms with Gasteiger partial charge in [0, 0.05) is 24.4 Å². The van der Waals surface area contributed by atoms with Crippen molar-refractivity contribution in [2.75, 3.05) is 13.1 Å². The van der Waals surface area contributed by atoms with Crippen molar-refractivity contribution in [3.8, 4) is 0 Å². The van der Waals surface area contributed by atoms with Crippen molar-refractivity contribution >= 4 is 26.5 Å². The summed E-state index contributed by atoms with van der Waals surface area (Å²) in [6.07, 6.45) is 2.12. The summed E-state index contributed by atoms with van der Waals surface area (Å²) in [5.41, 5.74) is -3.61. The van der Waals surface area contributed by atoms with Gasteiger partial charge in [0.2, 0.25) is 5.79 Å². The van der Waals surface area contributed by atoms with Gasteiger partial charge in [0.1, 0.15) is 19.5 Å². The fourth-order valence-corrected chi connectivity index (χ4v) is 3.71. The van der Waals surface area contributed by atoms with Gasteiger partial charge in [-0.25, -0.2) is 4.79 Å². The van der Waals surface area contributed by atoms with Gasteiger partial charge in [0.15, 0.2) is 0 Å². The zero-order chi connectivity index (χ0) is 23.6. The first kappa shape index (κ1) is 24.1. The maximum atomic E-state index is 12.4. The summed E-state index contributed by atoms with van der Waals surface area (Å²) in [6, 6.07) is -1.46. The molecule has 3 rings (SSSR count). The molecule has 170 valence electrons. The smallest absolute Gasteiger partial charge is 0.444 e. The summed E-state index contributed by atoms with van der Waals surface area (Å²) in [7, 11) is 5.31. The number of β-amino-alcohol motifs (C(OH)–C–C–N with tert-alkyl or cyclic N) is 3. The van der Waals surface area contributed by atoms with Gasteiger partial charge in [-0.2, -0.15) is 5.10 Å². The Morgan fingerprint density at radius 2 is 1.74 bits per heavy atom. The first-order valence-corrected chi connectivity index (χ1v) is 10.2. The molecule has 0 spiro atoms. The molecule has 2 fully saturated rings. The summed E-state index contributed by atoms with van der Waals surface area (Å²) in [5, 5.41) is 36.5. The lowest BCUT2D eigenvalue weighted by Gasteiger charge is -2.49. The third-order valence-corrected chi connectivity index (χ3v) is 5.84. The normalized spacial score (nSPS) is 29.8. The average Bonchev–Trinajstić information content (AvgIpc) is 3.06. The van der Waals surface area contributed by atoms with E-state index in [0.717, 1.165) is 9.58 Å². The van der Waals surface area contributed by atoms with Crippen LogP contribution in [0.5, 0.6) is 0 Å². The first-order chi connectivity index (χ1) is 13.8. The SMILES string of the molecule is [B]C1(O)CN(C(=O)OC(C)(C)C)CC(O)(O)C1n1cc(B2OC(C)(C)C(C)(C)O2)cn1. The van der Waals surface area contributed by atoms with Crippen LogP contribution in [-0.4, -0.2) is 92.2 Å². The molecule has 12 heteroatoms. The van der Waals surface area contributed by atoms with E-state index in [1.54, 1.807) is 20.8 Å². The molecule has 0 saturated carbocycles. The number of nitrogens with zero attached hydrogens (tertiary/aromatic N) is 3. The number of aliphatic hydroxyl groups is 3. The van der Waals surface area contributed by atoms with Crippen LogP contribution in [0.1, 0.15) is 54.5 Å². The van der Waals surface area contributed by atoms with Crippen LogP contribution in [0.25, 0.3) is 0 Å². The van der Waals surface area contributed by atoms with Crippen LogP contribution < -0.4 is 5.46 Å². The van der Waals surface area contributed by atoms with Gasteiger partial charge >= 0.3 is 13.2 Å². The summed E-state index contributed by atoms with van der Waals surface area (Å²) < 4.78 is 18.4. The van der Waals surface area contributed by atoms with Crippen LogP contribution in [0.2, 0.25) is 0 Å². The van der Waals surface area contributed by atoms with Gasteiger partial charge in [0.05, 0.1) is 23.2 Å². The molecule has 2 saturated heterocycles. The van der Waals surface area contributed by atoms with Gasteiger partial charge in [-0.15, -0.1) is 0 Å². The van der Waals surface area contributed by atoms with Gasteiger partial charge in [-0.3, -0.25) is 4.68 Å². The van der Waals surface area contributed by atoms with Crippen LogP contribution >= 0.6 is 0 Å². The number of likely N-dealkylation sites (tertiary alicyclic amines) is 1. The molecular formula is C19H31B2N3O7. The number of piperidine rings is 1. The van der Waals surface area contributed by atoms with Gasteiger partial charge in [0.25, 0.3) is 0 Å². The van der Waals surface area contributed by atoms with Gasteiger partial charge < -0.3 is 34.3 Å². The largest absolute Gasteiger partial charge is 0.498 e. The summed E-state index contributed by atoms with van der Waals surface area (Å²) >= 11 is 0. The van der Waals surface area contributed by atoms with Crippen LogP contribution in [0.3, 0.4) is 0 Å². The van der Waals surface area contributed by atoms with Crippen molar-refractivity contribution in [1.82, 2.24) is 14.7 Å². The molecule has 3 heterocycles. The Morgan fingerprint density at radius 3 is 2.23 bits per heavy atom. The average molecular weight is 435 g/mol. The maximum Gasteiger partial charge on any atom is 0.498 e. The maximum absolute atomic E-state index is 12.4. The predicted molar refractivity (Wildman–Crippen MR) is 113 cm³/mol. The van der Waals surface area contributed by atoms with E-state index in [-0.39, 0.29) is 6.54 Å². The number of hydrogen-bond acceptors (Lipinski definition) is 8. The third-order valence-electron chi connectivity index (χ3n) is 5.84. The van der Waals surface area contributed by atoms with E-state index in [1.165, 1.54) is 12.4 Å². The molecule has 10 nitrogen and oxygen atoms in total. The van der Waals surface area contributed by atoms with E-state index in [1.807, 2.05) is 27.7 Å². The minimum atomic E-state index is -2.59. The van der Waals surface area contributed by atoms with E-state index in [4.69, 9.17) is 21.9 Å². The Hall–Kier alpha value is -1.59. The van der Waals surface area contributed by atoms with E-state index in [0.29, 0.717) is 5.46 Å². The standard InChI is InChI=1S/C19H31B2N3O7/c1-15(2,3)29-14(25)23-10-18(20,26)13(19(27,28)11-23)24-9-12(8-22-24)21-30-16(4,5)17(6,7)31-21/h8-9,13,26-28H,10-11H2,1-7H3. The van der Waals surface area contributed by atoms with E-state index in [2.05, 4.69) is 5.10 Å². The highest BCUT2D eigenvalue weighted by Gasteiger charge is 2.56. The Balaban J connectivity index is 1.83. The Kier molecular flexibility index (Phi) is 5.60. The zero-order valence-electron chi connectivity index (χ0n) is 19.1. The van der Waals surface area contributed by atoms with Crippen LogP contribution in [0.4, 0.5) is 4.79 Å². The summed E-state index contributed by atoms with van der Waals surface area (Å²) in [4.78, 5) is 13.4. The highest BCUT2D eigenvalue weighted by molar-refractivity contribution is 6.62. The second-order valence-electron chi connectivity index (χ2n) is 10.5. The van der Waals surface area contributed by atoms with E-state index >= 15 is 0 Å². The third kappa shape index (κ3) is 4.63. The minimum absolute atomic E-state index is 0.388. The predicted octanol–water partition coefficient (Wildman–Crippen LogP) is -0.488. The van der Waals surface area contributed by atoms with Crippen LogP contribution in [-0.2, 0) is 14.0 Å². The molecule has 1 aromatic heterocycles. The molecule has 2 unspecified atom stereocenters. The highest BCUT2D eigenvalue weighted by atomic mass is 16.7. The fraction of sp³-hybridized carbons (Fsp3) is 0.789. The van der Waals surface area contributed by atoms with Gasteiger partial charge in [-0.1, -0.05) is 0 Å². The molecule has 2 radical (unpaired) electrons. The topological polar surface area (TPSA) is 127 Å². The zero-order valence-corrected chi connectivity index (χ0v) is 19.1.